The number of amides is 2. The van der Waals surface area contributed by atoms with E-state index in [0.29, 0.717) is 6.42 Å². The van der Waals surface area contributed by atoms with E-state index >= 15 is 0 Å². The summed E-state index contributed by atoms with van der Waals surface area (Å²) in [6.07, 6.45) is 0.700. The first-order valence-electron chi connectivity index (χ1n) is 8.59. The molecule has 0 aliphatic carbocycles. The highest BCUT2D eigenvalue weighted by Crippen LogP contribution is 2.24. The zero-order valence-corrected chi connectivity index (χ0v) is 16.2. The topological polar surface area (TPSA) is 96.0 Å². The minimum atomic E-state index is -4.01. The van der Waals surface area contributed by atoms with Crippen molar-refractivity contribution in [2.45, 2.75) is 24.2 Å². The third kappa shape index (κ3) is 5.72. The molecule has 0 bridgehead atoms. The first-order valence-corrected chi connectivity index (χ1v) is 10.0. The maximum absolute atomic E-state index is 14.1. The smallest absolute Gasteiger partial charge is 0.246 e. The monoisotopic (exact) mass is 401 g/mol. The van der Waals surface area contributed by atoms with Crippen LogP contribution in [0.25, 0.3) is 0 Å². The normalized spacial score (nSPS) is 15.4. The summed E-state index contributed by atoms with van der Waals surface area (Å²) in [7, 11) is -0.739. The van der Waals surface area contributed by atoms with Crippen molar-refractivity contribution < 1.29 is 27.1 Å². The van der Waals surface area contributed by atoms with Crippen molar-refractivity contribution in [3.05, 3.63) is 24.0 Å². The van der Waals surface area contributed by atoms with E-state index in [9.17, 15) is 22.4 Å². The molecule has 1 aliphatic heterocycles. The number of sulfonamides is 1. The van der Waals surface area contributed by atoms with Crippen LogP contribution in [0.4, 0.5) is 10.1 Å². The van der Waals surface area contributed by atoms with E-state index in [0.717, 1.165) is 16.4 Å². The molecule has 1 N–H and O–H groups in total. The Labute approximate surface area is 158 Å². The van der Waals surface area contributed by atoms with Crippen LogP contribution in [0.15, 0.2) is 23.1 Å². The molecule has 1 saturated heterocycles. The van der Waals surface area contributed by atoms with Gasteiger partial charge in [-0.05, 0) is 24.6 Å². The Morgan fingerprint density at radius 2 is 1.89 bits per heavy atom. The number of rotatable bonds is 7. The van der Waals surface area contributed by atoms with Gasteiger partial charge in [-0.3, -0.25) is 9.59 Å². The maximum atomic E-state index is 14.1. The van der Waals surface area contributed by atoms with E-state index < -0.39 is 20.7 Å². The number of anilines is 1. The van der Waals surface area contributed by atoms with Crippen LogP contribution in [0.5, 0.6) is 0 Å². The summed E-state index contributed by atoms with van der Waals surface area (Å²) in [6, 6.07) is 3.43. The summed E-state index contributed by atoms with van der Waals surface area (Å²) in [6.45, 7) is 0.808. The molecule has 0 aromatic heterocycles. The number of nitrogens with one attached hydrogen (secondary N) is 1. The highest BCUT2D eigenvalue weighted by atomic mass is 32.2. The highest BCUT2D eigenvalue weighted by Gasteiger charge is 2.29. The molecule has 1 aromatic carbocycles. The maximum Gasteiger partial charge on any atom is 0.246 e. The van der Waals surface area contributed by atoms with Gasteiger partial charge in [0.1, 0.15) is 10.7 Å². The van der Waals surface area contributed by atoms with Gasteiger partial charge in [-0.25, -0.2) is 12.8 Å². The first-order chi connectivity index (χ1) is 12.7. The van der Waals surface area contributed by atoms with Crippen LogP contribution in [-0.4, -0.2) is 69.8 Å². The first kappa shape index (κ1) is 21.3. The van der Waals surface area contributed by atoms with Gasteiger partial charge in [0.25, 0.3) is 0 Å². The fraction of sp³-hybridized carbons (Fsp3) is 0.529. The number of hydrogen-bond donors (Lipinski definition) is 1. The predicted molar refractivity (Wildman–Crippen MR) is 97.2 cm³/mol. The van der Waals surface area contributed by atoms with Crippen LogP contribution < -0.4 is 5.32 Å². The molecule has 2 amide bonds. The molecule has 0 spiro atoms. The van der Waals surface area contributed by atoms with Gasteiger partial charge in [0.15, 0.2) is 0 Å². The minimum Gasteiger partial charge on any atom is -0.379 e. The molecule has 1 heterocycles. The van der Waals surface area contributed by atoms with Crippen molar-refractivity contribution in [3.8, 4) is 0 Å². The molecule has 0 radical (unpaired) electrons. The lowest BCUT2D eigenvalue weighted by Gasteiger charge is -2.26. The quantitative estimate of drug-likeness (QED) is 0.737. The lowest BCUT2D eigenvalue weighted by Crippen LogP contribution is -2.40. The molecule has 10 heteroatoms. The van der Waals surface area contributed by atoms with Gasteiger partial charge in [0.05, 0.1) is 13.2 Å². The van der Waals surface area contributed by atoms with Gasteiger partial charge < -0.3 is 15.0 Å². The second-order valence-corrected chi connectivity index (χ2v) is 8.26. The standard InChI is InChI=1S/C17H24FN3O5S/c1-20(2)17(23)5-3-4-16(22)19-13-6-7-14(18)15(12-13)27(24,25)21-8-10-26-11-9-21/h6-7,12H,3-5,8-11H2,1-2H3,(H,19,22). The number of morpholine rings is 1. The average molecular weight is 401 g/mol. The van der Waals surface area contributed by atoms with E-state index in [1.54, 1.807) is 14.1 Å². The number of nitrogens with zero attached hydrogens (tertiary/aromatic N) is 2. The van der Waals surface area contributed by atoms with Crippen LogP contribution in [0.1, 0.15) is 19.3 Å². The van der Waals surface area contributed by atoms with Crippen molar-refractivity contribution in [2.75, 3.05) is 45.7 Å². The molecular weight excluding hydrogens is 377 g/mol. The second kappa shape index (κ2) is 9.25. The Kier molecular flexibility index (Phi) is 7.28. The van der Waals surface area contributed by atoms with E-state index in [1.165, 1.54) is 11.0 Å². The van der Waals surface area contributed by atoms with Crippen LogP contribution in [0, 0.1) is 5.82 Å². The van der Waals surface area contributed by atoms with Gasteiger partial charge in [0, 0.05) is 45.7 Å². The molecule has 0 saturated carbocycles. The lowest BCUT2D eigenvalue weighted by atomic mass is 10.2. The van der Waals surface area contributed by atoms with E-state index in [-0.39, 0.29) is 56.6 Å². The van der Waals surface area contributed by atoms with Gasteiger partial charge >= 0.3 is 0 Å². The molecule has 0 unspecified atom stereocenters. The zero-order valence-electron chi connectivity index (χ0n) is 15.4. The molecule has 8 nitrogen and oxygen atoms in total. The Morgan fingerprint density at radius 3 is 2.52 bits per heavy atom. The second-order valence-electron chi connectivity index (χ2n) is 6.35. The van der Waals surface area contributed by atoms with Gasteiger partial charge in [-0.15, -0.1) is 0 Å². The fourth-order valence-corrected chi connectivity index (χ4v) is 4.05. The number of hydrogen-bond acceptors (Lipinski definition) is 5. The molecular formula is C17H24FN3O5S. The Balaban J connectivity index is 2.04. The molecule has 1 aromatic rings. The number of benzene rings is 1. The Hall–Kier alpha value is -2.04. The van der Waals surface area contributed by atoms with Crippen molar-refractivity contribution in [3.63, 3.8) is 0 Å². The van der Waals surface area contributed by atoms with E-state index in [2.05, 4.69) is 5.32 Å². The van der Waals surface area contributed by atoms with Gasteiger partial charge in [-0.2, -0.15) is 4.31 Å². The molecule has 2 rings (SSSR count). The summed E-state index contributed by atoms with van der Waals surface area (Å²) in [5.74, 6) is -1.33. The van der Waals surface area contributed by atoms with Crippen LogP contribution in [0.3, 0.4) is 0 Å². The molecule has 150 valence electrons. The number of ether oxygens (including phenoxy) is 1. The summed E-state index contributed by atoms with van der Waals surface area (Å²) in [5, 5.41) is 2.55. The SMILES string of the molecule is CN(C)C(=O)CCCC(=O)Nc1ccc(F)c(S(=O)(=O)N2CCOCC2)c1. The van der Waals surface area contributed by atoms with Crippen molar-refractivity contribution >= 4 is 27.5 Å². The van der Waals surface area contributed by atoms with Gasteiger partial charge in [0.2, 0.25) is 21.8 Å². The van der Waals surface area contributed by atoms with E-state index in [4.69, 9.17) is 4.74 Å². The van der Waals surface area contributed by atoms with Gasteiger partial charge in [-0.1, -0.05) is 0 Å². The fourth-order valence-electron chi connectivity index (χ4n) is 2.55. The molecule has 27 heavy (non-hydrogen) atoms. The third-order valence-electron chi connectivity index (χ3n) is 4.10. The molecule has 1 aliphatic rings. The minimum absolute atomic E-state index is 0.0801. The largest absolute Gasteiger partial charge is 0.379 e. The summed E-state index contributed by atoms with van der Waals surface area (Å²) in [4.78, 5) is 24.5. The van der Waals surface area contributed by atoms with Crippen LogP contribution in [-0.2, 0) is 24.3 Å². The van der Waals surface area contributed by atoms with Crippen molar-refractivity contribution in [1.82, 2.24) is 9.21 Å². The predicted octanol–water partition coefficient (Wildman–Crippen LogP) is 1.04. The molecule has 1 fully saturated rings. The van der Waals surface area contributed by atoms with Crippen molar-refractivity contribution in [1.29, 1.82) is 0 Å². The average Bonchev–Trinajstić information content (AvgIpc) is 2.63. The zero-order chi connectivity index (χ0) is 20.0. The highest BCUT2D eigenvalue weighted by molar-refractivity contribution is 7.89. The summed E-state index contributed by atoms with van der Waals surface area (Å²) < 4.78 is 45.7. The number of halogens is 1. The van der Waals surface area contributed by atoms with E-state index in [1.807, 2.05) is 0 Å². The van der Waals surface area contributed by atoms with Crippen molar-refractivity contribution in [2.24, 2.45) is 0 Å². The Bertz CT molecular complexity index is 792. The summed E-state index contributed by atoms with van der Waals surface area (Å²) in [5.41, 5.74) is 0.187. The number of carbonyl (C=O) groups is 2. The van der Waals surface area contributed by atoms with Crippen LogP contribution in [0.2, 0.25) is 0 Å². The Morgan fingerprint density at radius 1 is 1.22 bits per heavy atom. The van der Waals surface area contributed by atoms with Crippen LogP contribution >= 0.6 is 0 Å². The summed E-state index contributed by atoms with van der Waals surface area (Å²) >= 11 is 0. The number of carbonyl (C=O) groups excluding carboxylic acids is 2. The third-order valence-corrected chi connectivity index (χ3v) is 6.01. The lowest BCUT2D eigenvalue weighted by molar-refractivity contribution is -0.128. The molecule has 0 atom stereocenters.